The number of hydrogen-bond donors (Lipinski definition) is 2. The summed E-state index contributed by atoms with van der Waals surface area (Å²) in [6.07, 6.45) is 0. The Morgan fingerprint density at radius 1 is 1.47 bits per heavy atom. The highest BCUT2D eigenvalue weighted by molar-refractivity contribution is 7.92. The molecule has 1 unspecified atom stereocenters. The quantitative estimate of drug-likeness (QED) is 0.785. The van der Waals surface area contributed by atoms with Crippen LogP contribution >= 0.6 is 0 Å². The molecule has 0 aliphatic heterocycles. The number of benzene rings is 1. The van der Waals surface area contributed by atoms with Crippen LogP contribution in [0.3, 0.4) is 0 Å². The van der Waals surface area contributed by atoms with Crippen molar-refractivity contribution in [2.45, 2.75) is 11.8 Å². The number of nitrogens with one attached hydrogen (secondary N) is 1. The van der Waals surface area contributed by atoms with Crippen molar-refractivity contribution in [3.63, 3.8) is 0 Å². The van der Waals surface area contributed by atoms with E-state index in [1.165, 1.54) is 32.2 Å². The fourth-order valence-electron chi connectivity index (χ4n) is 1.13. The van der Waals surface area contributed by atoms with Gasteiger partial charge in [-0.25, -0.2) is 12.6 Å². The Morgan fingerprint density at radius 2 is 2.12 bits per heavy atom. The average molecular weight is 279 g/mol. The fourth-order valence-corrected chi connectivity index (χ4v) is 2.26. The molecule has 0 radical (unpaired) electrons. The molecule has 1 rings (SSSR count). The zero-order valence-corrected chi connectivity index (χ0v) is 11.0. The van der Waals surface area contributed by atoms with Crippen molar-refractivity contribution in [3.05, 3.63) is 18.2 Å². The van der Waals surface area contributed by atoms with E-state index in [0.717, 1.165) is 0 Å². The maximum Gasteiger partial charge on any atom is 0.232 e. The molecule has 0 amide bonds. The Bertz CT molecular complexity index is 526. The molecule has 0 aliphatic rings. The predicted molar refractivity (Wildman–Crippen MR) is 65.1 cm³/mol. The summed E-state index contributed by atoms with van der Waals surface area (Å²) in [5, 5.41) is 0. The Morgan fingerprint density at radius 3 is 2.59 bits per heavy atom. The molecule has 96 valence electrons. The van der Waals surface area contributed by atoms with Crippen molar-refractivity contribution in [1.29, 1.82) is 0 Å². The lowest BCUT2D eigenvalue weighted by Crippen LogP contribution is -2.14. The van der Waals surface area contributed by atoms with Crippen molar-refractivity contribution >= 4 is 26.8 Å². The second-order valence-corrected chi connectivity index (χ2v) is 6.07. The Hall–Kier alpha value is -1.12. The van der Waals surface area contributed by atoms with Crippen LogP contribution in [0.25, 0.3) is 0 Å². The van der Waals surface area contributed by atoms with E-state index in [4.69, 9.17) is 9.29 Å². The topological polar surface area (TPSA) is 92.7 Å². The van der Waals surface area contributed by atoms with Gasteiger partial charge in [0.05, 0.1) is 18.6 Å². The minimum absolute atomic E-state index is 0.0526. The van der Waals surface area contributed by atoms with E-state index in [0.29, 0.717) is 0 Å². The largest absolute Gasteiger partial charge is 0.495 e. The smallest absolute Gasteiger partial charge is 0.232 e. The van der Waals surface area contributed by atoms with E-state index in [2.05, 4.69) is 4.72 Å². The maximum atomic E-state index is 11.3. The minimum Gasteiger partial charge on any atom is -0.495 e. The first-order valence-corrected chi connectivity index (χ1v) is 7.45. The van der Waals surface area contributed by atoms with Crippen molar-refractivity contribution < 1.29 is 21.9 Å². The third kappa shape index (κ3) is 3.69. The van der Waals surface area contributed by atoms with Gasteiger partial charge in [-0.15, -0.1) is 0 Å². The minimum atomic E-state index is -3.37. The molecule has 0 saturated heterocycles. The molecule has 0 fully saturated rings. The standard InChI is InChI=1S/C9H13NO5S2/c1-3-17(13,14)10-7-4-5-9(16(11)12)8(6-7)15-2/h4-6,10H,3H2,1-2H3,(H,11,12). The van der Waals surface area contributed by atoms with Gasteiger partial charge < -0.3 is 9.29 Å². The Labute approximate surface area is 102 Å². The summed E-state index contributed by atoms with van der Waals surface area (Å²) in [4.78, 5) is 0.0898. The van der Waals surface area contributed by atoms with E-state index in [1.54, 1.807) is 0 Å². The molecule has 0 bridgehead atoms. The summed E-state index contributed by atoms with van der Waals surface area (Å²) in [5.74, 6) is 0.102. The first-order chi connectivity index (χ1) is 7.89. The lowest BCUT2D eigenvalue weighted by Gasteiger charge is -2.09. The first kappa shape index (κ1) is 13.9. The van der Waals surface area contributed by atoms with Gasteiger partial charge in [-0.05, 0) is 19.1 Å². The van der Waals surface area contributed by atoms with Crippen molar-refractivity contribution in [1.82, 2.24) is 0 Å². The van der Waals surface area contributed by atoms with Gasteiger partial charge in [0.2, 0.25) is 10.0 Å². The third-order valence-electron chi connectivity index (χ3n) is 2.01. The summed E-state index contributed by atoms with van der Waals surface area (Å²) >= 11 is -2.18. The monoisotopic (exact) mass is 279 g/mol. The van der Waals surface area contributed by atoms with Gasteiger partial charge in [0.1, 0.15) is 10.6 Å². The molecular weight excluding hydrogens is 266 g/mol. The average Bonchev–Trinajstić information content (AvgIpc) is 2.28. The number of hydrogen-bond acceptors (Lipinski definition) is 4. The number of sulfonamides is 1. The lowest BCUT2D eigenvalue weighted by molar-refractivity contribution is 0.402. The van der Waals surface area contributed by atoms with Crippen LogP contribution in [-0.4, -0.2) is 30.0 Å². The zero-order valence-electron chi connectivity index (χ0n) is 9.34. The molecule has 6 nitrogen and oxygen atoms in total. The molecule has 0 saturated carbocycles. The molecular formula is C9H13NO5S2. The molecule has 1 aromatic rings. The van der Waals surface area contributed by atoms with E-state index in [9.17, 15) is 12.6 Å². The summed E-state index contributed by atoms with van der Waals surface area (Å²) in [5.41, 5.74) is 0.290. The normalized spacial score (nSPS) is 13.1. The molecule has 0 heterocycles. The van der Waals surface area contributed by atoms with Gasteiger partial charge in [0, 0.05) is 6.07 Å². The first-order valence-electron chi connectivity index (χ1n) is 4.69. The summed E-state index contributed by atoms with van der Waals surface area (Å²) in [7, 11) is -2.04. The summed E-state index contributed by atoms with van der Waals surface area (Å²) in [6.45, 7) is 1.51. The van der Waals surface area contributed by atoms with Crippen LogP contribution in [-0.2, 0) is 21.1 Å². The Balaban J connectivity index is 3.10. The Kier molecular flexibility index (Phi) is 4.49. The van der Waals surface area contributed by atoms with Crippen LogP contribution in [0.5, 0.6) is 5.75 Å². The SMILES string of the molecule is CCS(=O)(=O)Nc1ccc(S(=O)O)c(OC)c1. The lowest BCUT2D eigenvalue weighted by atomic mass is 10.3. The van der Waals surface area contributed by atoms with Crippen molar-refractivity contribution in [3.8, 4) is 5.75 Å². The highest BCUT2D eigenvalue weighted by Crippen LogP contribution is 2.25. The number of methoxy groups -OCH3 is 1. The summed E-state index contributed by atoms with van der Waals surface area (Å²) in [6, 6.07) is 4.10. The van der Waals surface area contributed by atoms with E-state index >= 15 is 0 Å². The molecule has 17 heavy (non-hydrogen) atoms. The van der Waals surface area contributed by atoms with Crippen LogP contribution in [0, 0.1) is 0 Å². The zero-order chi connectivity index (χ0) is 13.1. The molecule has 8 heteroatoms. The molecule has 0 aromatic heterocycles. The van der Waals surface area contributed by atoms with Gasteiger partial charge in [-0.1, -0.05) is 0 Å². The molecule has 0 spiro atoms. The van der Waals surface area contributed by atoms with Gasteiger partial charge in [-0.2, -0.15) is 0 Å². The maximum absolute atomic E-state index is 11.3. The molecule has 2 N–H and O–H groups in total. The van der Waals surface area contributed by atoms with Crippen LogP contribution < -0.4 is 9.46 Å². The third-order valence-corrected chi connectivity index (χ3v) is 4.03. The predicted octanol–water partition coefficient (Wildman–Crippen LogP) is 1.04. The highest BCUT2D eigenvalue weighted by Gasteiger charge is 2.12. The van der Waals surface area contributed by atoms with E-state index in [-0.39, 0.29) is 22.1 Å². The van der Waals surface area contributed by atoms with Crippen molar-refractivity contribution in [2.75, 3.05) is 17.6 Å². The number of rotatable bonds is 5. The van der Waals surface area contributed by atoms with E-state index in [1.807, 2.05) is 0 Å². The highest BCUT2D eigenvalue weighted by atomic mass is 32.2. The summed E-state index contributed by atoms with van der Waals surface area (Å²) < 4.78 is 49.8. The van der Waals surface area contributed by atoms with Crippen LogP contribution in [0.1, 0.15) is 6.92 Å². The number of anilines is 1. The van der Waals surface area contributed by atoms with Crippen LogP contribution in [0.2, 0.25) is 0 Å². The van der Waals surface area contributed by atoms with Gasteiger partial charge in [-0.3, -0.25) is 4.72 Å². The van der Waals surface area contributed by atoms with Crippen molar-refractivity contribution in [2.24, 2.45) is 0 Å². The van der Waals surface area contributed by atoms with Crippen LogP contribution in [0.15, 0.2) is 23.1 Å². The molecule has 0 aliphatic carbocycles. The second kappa shape index (κ2) is 5.48. The molecule has 1 aromatic carbocycles. The van der Waals surface area contributed by atoms with Gasteiger partial charge >= 0.3 is 0 Å². The van der Waals surface area contributed by atoms with Crippen LogP contribution in [0.4, 0.5) is 5.69 Å². The van der Waals surface area contributed by atoms with Gasteiger partial charge in [0.15, 0.2) is 11.1 Å². The fraction of sp³-hybridized carbons (Fsp3) is 0.333. The van der Waals surface area contributed by atoms with Gasteiger partial charge in [0.25, 0.3) is 0 Å². The molecule has 1 atom stereocenters. The van der Waals surface area contributed by atoms with E-state index < -0.39 is 21.1 Å². The number of ether oxygens (including phenoxy) is 1. The second-order valence-electron chi connectivity index (χ2n) is 3.12.